The Labute approximate surface area is 117 Å². The number of hydrogen-bond donors (Lipinski definition) is 1. The molecule has 0 unspecified atom stereocenters. The van der Waals surface area contributed by atoms with Gasteiger partial charge in [0.1, 0.15) is 6.26 Å². The molecule has 0 spiro atoms. The lowest BCUT2D eigenvalue weighted by Crippen LogP contribution is -2.45. The third-order valence-corrected chi connectivity index (χ3v) is 5.05. The van der Waals surface area contributed by atoms with E-state index in [1.165, 1.54) is 10.6 Å². The maximum Gasteiger partial charge on any atom is 0.304 e. The van der Waals surface area contributed by atoms with Crippen molar-refractivity contribution in [3.63, 3.8) is 0 Å². The molecular formula is C12H17N3O4S. The summed E-state index contributed by atoms with van der Waals surface area (Å²) in [5.41, 5.74) is 0.0208. The highest BCUT2D eigenvalue weighted by molar-refractivity contribution is 7.87. The molecule has 1 aromatic heterocycles. The fourth-order valence-corrected chi connectivity index (χ4v) is 3.46. The summed E-state index contributed by atoms with van der Waals surface area (Å²) >= 11 is 0. The van der Waals surface area contributed by atoms with Gasteiger partial charge in [-0.2, -0.15) is 12.7 Å². The van der Waals surface area contributed by atoms with Crippen LogP contribution in [0.3, 0.4) is 0 Å². The van der Waals surface area contributed by atoms with E-state index in [1.807, 2.05) is 0 Å². The van der Waals surface area contributed by atoms with Gasteiger partial charge in [-0.25, -0.2) is 9.71 Å². The van der Waals surface area contributed by atoms with Crippen molar-refractivity contribution in [1.29, 1.82) is 0 Å². The number of hydrogen-bond acceptors (Lipinski definition) is 5. The van der Waals surface area contributed by atoms with Gasteiger partial charge in [-0.3, -0.25) is 4.79 Å². The van der Waals surface area contributed by atoms with Gasteiger partial charge < -0.3 is 4.42 Å². The van der Waals surface area contributed by atoms with Gasteiger partial charge in [0.2, 0.25) is 0 Å². The summed E-state index contributed by atoms with van der Waals surface area (Å²) in [5.74, 6) is 0.0759. The molecule has 1 aliphatic carbocycles. The van der Waals surface area contributed by atoms with Crippen LogP contribution in [0.2, 0.25) is 0 Å². The molecule has 1 aliphatic heterocycles. The van der Waals surface area contributed by atoms with Crippen LogP contribution in [0.15, 0.2) is 10.7 Å². The van der Waals surface area contributed by atoms with Gasteiger partial charge in [-0.1, -0.05) is 6.42 Å². The van der Waals surface area contributed by atoms with Gasteiger partial charge in [-0.15, -0.1) is 0 Å². The number of aromatic nitrogens is 1. The van der Waals surface area contributed by atoms with Gasteiger partial charge in [0.25, 0.3) is 5.91 Å². The summed E-state index contributed by atoms with van der Waals surface area (Å²) in [6.45, 7) is 0.906. The molecule has 1 amide bonds. The molecule has 2 aliphatic rings. The molecule has 110 valence electrons. The first-order valence-electron chi connectivity index (χ1n) is 6.84. The Morgan fingerprint density at radius 2 is 2.00 bits per heavy atom. The Kier molecular flexibility index (Phi) is 3.51. The first-order valence-corrected chi connectivity index (χ1v) is 8.28. The summed E-state index contributed by atoms with van der Waals surface area (Å²) < 4.78 is 32.7. The van der Waals surface area contributed by atoms with E-state index >= 15 is 0 Å². The van der Waals surface area contributed by atoms with E-state index in [-0.39, 0.29) is 11.6 Å². The lowest BCUT2D eigenvalue weighted by Gasteiger charge is -2.25. The molecule has 2 heterocycles. The van der Waals surface area contributed by atoms with E-state index < -0.39 is 16.1 Å². The number of carbonyl (C=O) groups excluding carboxylic acids is 1. The van der Waals surface area contributed by atoms with E-state index in [9.17, 15) is 13.2 Å². The average molecular weight is 299 g/mol. The van der Waals surface area contributed by atoms with E-state index in [2.05, 4.69) is 9.71 Å². The van der Waals surface area contributed by atoms with Gasteiger partial charge in [0.05, 0.1) is 0 Å². The van der Waals surface area contributed by atoms with Crippen molar-refractivity contribution in [2.24, 2.45) is 0 Å². The molecule has 0 bridgehead atoms. The lowest BCUT2D eigenvalue weighted by molar-refractivity contribution is 0.0973. The maximum absolute atomic E-state index is 12.1. The molecule has 0 atom stereocenters. The summed E-state index contributed by atoms with van der Waals surface area (Å²) in [6.07, 6.45) is 5.90. The van der Waals surface area contributed by atoms with E-state index in [0.717, 1.165) is 32.1 Å². The molecule has 1 aromatic rings. The van der Waals surface area contributed by atoms with Crippen molar-refractivity contribution in [2.75, 3.05) is 13.1 Å². The summed E-state index contributed by atoms with van der Waals surface area (Å²) in [6, 6.07) is 0. The second-order valence-corrected chi connectivity index (χ2v) is 6.91. The highest BCUT2D eigenvalue weighted by atomic mass is 32.2. The third kappa shape index (κ3) is 2.85. The first-order chi connectivity index (χ1) is 9.56. The van der Waals surface area contributed by atoms with Crippen LogP contribution in [-0.4, -0.2) is 36.7 Å². The normalized spacial score (nSPS) is 20.8. The number of nitrogens with zero attached hydrogens (tertiary/aromatic N) is 2. The number of rotatable bonds is 4. The van der Waals surface area contributed by atoms with Crippen LogP contribution in [0.1, 0.15) is 54.4 Å². The molecule has 1 N–H and O–H groups in total. The van der Waals surface area contributed by atoms with E-state index in [4.69, 9.17) is 4.42 Å². The number of oxazole rings is 1. The Hall–Kier alpha value is -1.41. The standard InChI is InChI=1S/C12H17N3O4S/c16-11(10-8-19-12(13-10)9-4-5-9)14-20(17,18)15-6-2-1-3-7-15/h8-9H,1-7H2,(H,14,16). The van der Waals surface area contributed by atoms with Crippen LogP contribution in [0.25, 0.3) is 0 Å². The number of amides is 1. The monoisotopic (exact) mass is 299 g/mol. The summed E-state index contributed by atoms with van der Waals surface area (Å²) in [7, 11) is -3.77. The molecule has 1 saturated heterocycles. The topological polar surface area (TPSA) is 92.5 Å². The van der Waals surface area contributed by atoms with Crippen LogP contribution in [0.5, 0.6) is 0 Å². The van der Waals surface area contributed by atoms with Gasteiger partial charge in [0.15, 0.2) is 11.6 Å². The minimum atomic E-state index is -3.77. The minimum Gasteiger partial charge on any atom is -0.448 e. The lowest BCUT2D eigenvalue weighted by atomic mass is 10.2. The third-order valence-electron chi connectivity index (χ3n) is 3.56. The highest BCUT2D eigenvalue weighted by Crippen LogP contribution is 2.39. The largest absolute Gasteiger partial charge is 0.448 e. The van der Waals surface area contributed by atoms with Crippen molar-refractivity contribution >= 4 is 16.1 Å². The van der Waals surface area contributed by atoms with E-state index in [0.29, 0.717) is 19.0 Å². The zero-order chi connectivity index (χ0) is 14.2. The van der Waals surface area contributed by atoms with E-state index in [1.54, 1.807) is 0 Å². The SMILES string of the molecule is O=C(NS(=O)(=O)N1CCCCC1)c1coc(C2CC2)n1. The van der Waals surface area contributed by atoms with Crippen molar-refractivity contribution in [3.8, 4) is 0 Å². The highest BCUT2D eigenvalue weighted by Gasteiger charge is 2.31. The number of nitrogens with one attached hydrogen (secondary N) is 1. The van der Waals surface area contributed by atoms with Crippen LogP contribution in [0.4, 0.5) is 0 Å². The van der Waals surface area contributed by atoms with Gasteiger partial charge in [-0.05, 0) is 25.7 Å². The zero-order valence-corrected chi connectivity index (χ0v) is 11.9. The Bertz CT molecular complexity index is 600. The molecule has 8 heteroatoms. The van der Waals surface area contributed by atoms with Gasteiger partial charge >= 0.3 is 10.2 Å². The summed E-state index contributed by atoms with van der Waals surface area (Å²) in [4.78, 5) is 16.0. The molecule has 0 aromatic carbocycles. The molecule has 7 nitrogen and oxygen atoms in total. The molecule has 2 fully saturated rings. The molecule has 20 heavy (non-hydrogen) atoms. The fourth-order valence-electron chi connectivity index (χ4n) is 2.25. The van der Waals surface area contributed by atoms with Crippen molar-refractivity contribution in [3.05, 3.63) is 17.8 Å². The van der Waals surface area contributed by atoms with Gasteiger partial charge in [0, 0.05) is 19.0 Å². The number of carbonyl (C=O) groups is 1. The second-order valence-electron chi connectivity index (χ2n) is 5.24. The molecule has 3 rings (SSSR count). The fraction of sp³-hybridized carbons (Fsp3) is 0.667. The number of piperidine rings is 1. The molecule has 0 radical (unpaired) electrons. The maximum atomic E-state index is 12.1. The second kappa shape index (κ2) is 5.17. The van der Waals surface area contributed by atoms with Crippen molar-refractivity contribution < 1.29 is 17.6 Å². The Morgan fingerprint density at radius 1 is 1.30 bits per heavy atom. The minimum absolute atomic E-state index is 0.0208. The Morgan fingerprint density at radius 3 is 2.65 bits per heavy atom. The zero-order valence-electron chi connectivity index (χ0n) is 11.0. The Balaban J connectivity index is 1.67. The predicted molar refractivity (Wildman–Crippen MR) is 70.3 cm³/mol. The predicted octanol–water partition coefficient (Wildman–Crippen LogP) is 1.01. The first kappa shape index (κ1) is 13.6. The molecule has 1 saturated carbocycles. The molecular weight excluding hydrogens is 282 g/mol. The quantitative estimate of drug-likeness (QED) is 0.895. The van der Waals surface area contributed by atoms with Crippen LogP contribution < -0.4 is 4.72 Å². The average Bonchev–Trinajstić information content (AvgIpc) is 3.17. The van der Waals surface area contributed by atoms with Crippen LogP contribution in [0, 0.1) is 0 Å². The van der Waals surface area contributed by atoms with Crippen molar-refractivity contribution in [2.45, 2.75) is 38.0 Å². The van der Waals surface area contributed by atoms with Crippen molar-refractivity contribution in [1.82, 2.24) is 14.0 Å². The van der Waals surface area contributed by atoms with Crippen LogP contribution in [-0.2, 0) is 10.2 Å². The van der Waals surface area contributed by atoms with Crippen LogP contribution >= 0.6 is 0 Å². The summed E-state index contributed by atoms with van der Waals surface area (Å²) in [5, 5.41) is 0. The smallest absolute Gasteiger partial charge is 0.304 e.